The standard InChI is InChI=1S/C15H16F5N3OS/c1-7(2)14(24)21-15(25)23-5-3-22(4-6-23)13-11(19)9(17)8(16)10(18)12(13)20/h7H,3-6H2,1-2H3,(H,21,24,25). The molecular formula is C15H16F5N3OS. The molecule has 0 aromatic heterocycles. The van der Waals surface area contributed by atoms with Gasteiger partial charge in [0.15, 0.2) is 28.4 Å². The Morgan fingerprint density at radius 1 is 0.920 bits per heavy atom. The molecule has 25 heavy (non-hydrogen) atoms. The number of nitrogens with one attached hydrogen (secondary N) is 1. The number of halogens is 5. The molecule has 10 heteroatoms. The predicted molar refractivity (Wildman–Crippen MR) is 85.6 cm³/mol. The first-order chi connectivity index (χ1) is 11.6. The highest BCUT2D eigenvalue weighted by Gasteiger charge is 2.31. The summed E-state index contributed by atoms with van der Waals surface area (Å²) < 4.78 is 67.4. The van der Waals surface area contributed by atoms with Gasteiger partial charge in [-0.1, -0.05) is 13.8 Å². The molecule has 0 spiro atoms. The molecule has 1 heterocycles. The lowest BCUT2D eigenvalue weighted by Crippen LogP contribution is -2.53. The summed E-state index contributed by atoms with van der Waals surface area (Å²) >= 11 is 5.09. The Morgan fingerprint density at radius 3 is 1.80 bits per heavy atom. The molecule has 0 bridgehead atoms. The van der Waals surface area contributed by atoms with Gasteiger partial charge in [-0.2, -0.15) is 0 Å². The molecule has 1 N–H and O–H groups in total. The van der Waals surface area contributed by atoms with Crippen LogP contribution in [-0.2, 0) is 4.79 Å². The summed E-state index contributed by atoms with van der Waals surface area (Å²) in [5, 5.41) is 2.70. The zero-order valence-electron chi connectivity index (χ0n) is 13.5. The maximum Gasteiger partial charge on any atom is 0.228 e. The van der Waals surface area contributed by atoms with Crippen LogP contribution in [0, 0.1) is 35.0 Å². The van der Waals surface area contributed by atoms with Crippen LogP contribution >= 0.6 is 12.2 Å². The van der Waals surface area contributed by atoms with Gasteiger partial charge >= 0.3 is 0 Å². The second-order valence-electron chi connectivity index (χ2n) is 5.84. The van der Waals surface area contributed by atoms with Crippen molar-refractivity contribution in [2.24, 2.45) is 5.92 Å². The van der Waals surface area contributed by atoms with E-state index in [2.05, 4.69) is 5.32 Å². The second-order valence-corrected chi connectivity index (χ2v) is 6.23. The lowest BCUT2D eigenvalue weighted by atomic mass is 10.2. The first-order valence-electron chi connectivity index (χ1n) is 7.51. The van der Waals surface area contributed by atoms with E-state index in [1.54, 1.807) is 18.7 Å². The van der Waals surface area contributed by atoms with Crippen LogP contribution in [0.2, 0.25) is 0 Å². The Balaban J connectivity index is 2.11. The van der Waals surface area contributed by atoms with Crippen LogP contribution in [0.4, 0.5) is 27.6 Å². The lowest BCUT2D eigenvalue weighted by molar-refractivity contribution is -0.122. The molecule has 1 saturated heterocycles. The Hall–Kier alpha value is -1.97. The fourth-order valence-electron chi connectivity index (χ4n) is 2.33. The SMILES string of the molecule is CC(C)C(=O)NC(=S)N1CCN(c2c(F)c(F)c(F)c(F)c2F)CC1. The van der Waals surface area contributed by atoms with E-state index in [4.69, 9.17) is 12.2 Å². The van der Waals surface area contributed by atoms with Gasteiger partial charge in [-0.3, -0.25) is 4.79 Å². The van der Waals surface area contributed by atoms with Gasteiger partial charge in [-0.25, -0.2) is 22.0 Å². The van der Waals surface area contributed by atoms with Crippen LogP contribution in [-0.4, -0.2) is 42.1 Å². The number of piperazine rings is 1. The molecule has 1 fully saturated rings. The van der Waals surface area contributed by atoms with Crippen molar-refractivity contribution in [1.82, 2.24) is 10.2 Å². The smallest absolute Gasteiger partial charge is 0.228 e. The average molecular weight is 381 g/mol. The minimum atomic E-state index is -2.19. The van der Waals surface area contributed by atoms with Gasteiger partial charge < -0.3 is 15.1 Å². The summed E-state index contributed by atoms with van der Waals surface area (Å²) in [6.07, 6.45) is 0. The lowest BCUT2D eigenvalue weighted by Gasteiger charge is -2.37. The van der Waals surface area contributed by atoms with Crippen molar-refractivity contribution in [2.75, 3.05) is 31.1 Å². The number of rotatable bonds is 2. The van der Waals surface area contributed by atoms with E-state index >= 15 is 0 Å². The molecule has 0 unspecified atom stereocenters. The Bertz CT molecular complexity index is 676. The summed E-state index contributed by atoms with van der Waals surface area (Å²) in [6.45, 7) is 3.68. The molecule has 1 aliphatic heterocycles. The first-order valence-corrected chi connectivity index (χ1v) is 7.92. The number of amides is 1. The molecule has 1 aliphatic rings. The highest BCUT2D eigenvalue weighted by molar-refractivity contribution is 7.80. The molecule has 1 aromatic rings. The maximum atomic E-state index is 13.8. The minimum Gasteiger partial charge on any atom is -0.363 e. The largest absolute Gasteiger partial charge is 0.363 e. The van der Waals surface area contributed by atoms with Crippen molar-refractivity contribution in [3.8, 4) is 0 Å². The fourth-order valence-corrected chi connectivity index (χ4v) is 2.62. The molecule has 1 aromatic carbocycles. The number of thiocarbonyl (C=S) groups is 1. The highest BCUT2D eigenvalue weighted by atomic mass is 32.1. The maximum absolute atomic E-state index is 13.8. The topological polar surface area (TPSA) is 35.6 Å². The molecule has 4 nitrogen and oxygen atoms in total. The Morgan fingerprint density at radius 2 is 1.36 bits per heavy atom. The minimum absolute atomic E-state index is 0.0178. The average Bonchev–Trinajstić information content (AvgIpc) is 2.58. The van der Waals surface area contributed by atoms with Crippen LogP contribution in [0.15, 0.2) is 0 Å². The number of carbonyl (C=O) groups excluding carboxylic acids is 1. The van der Waals surface area contributed by atoms with Crippen LogP contribution < -0.4 is 10.2 Å². The van der Waals surface area contributed by atoms with E-state index in [1.165, 1.54) is 0 Å². The number of anilines is 1. The van der Waals surface area contributed by atoms with E-state index < -0.39 is 34.8 Å². The van der Waals surface area contributed by atoms with Gasteiger partial charge in [0.1, 0.15) is 5.69 Å². The van der Waals surface area contributed by atoms with Gasteiger partial charge in [0.05, 0.1) is 0 Å². The van der Waals surface area contributed by atoms with Crippen molar-refractivity contribution in [2.45, 2.75) is 13.8 Å². The third kappa shape index (κ3) is 3.83. The molecule has 0 aliphatic carbocycles. The quantitative estimate of drug-likeness (QED) is 0.370. The highest BCUT2D eigenvalue weighted by Crippen LogP contribution is 2.30. The second kappa shape index (κ2) is 7.51. The summed E-state index contributed by atoms with van der Waals surface area (Å²) in [5.74, 6) is -10.4. The zero-order chi connectivity index (χ0) is 18.9. The van der Waals surface area contributed by atoms with Crippen LogP contribution in [0.5, 0.6) is 0 Å². The third-order valence-electron chi connectivity index (χ3n) is 3.82. The number of hydrogen-bond donors (Lipinski definition) is 1. The molecule has 0 radical (unpaired) electrons. The molecule has 0 atom stereocenters. The van der Waals surface area contributed by atoms with Crippen molar-refractivity contribution in [1.29, 1.82) is 0 Å². The third-order valence-corrected chi connectivity index (χ3v) is 4.18. The van der Waals surface area contributed by atoms with E-state index in [-0.39, 0.29) is 43.1 Å². The molecule has 1 amide bonds. The molecule has 138 valence electrons. The van der Waals surface area contributed by atoms with E-state index in [9.17, 15) is 26.7 Å². The van der Waals surface area contributed by atoms with Crippen molar-refractivity contribution in [3.63, 3.8) is 0 Å². The first kappa shape index (κ1) is 19.4. The zero-order valence-corrected chi connectivity index (χ0v) is 14.3. The van der Waals surface area contributed by atoms with Crippen LogP contribution in [0.25, 0.3) is 0 Å². The predicted octanol–water partition coefficient (Wildman–Crippen LogP) is 2.56. The van der Waals surface area contributed by atoms with Crippen LogP contribution in [0.3, 0.4) is 0 Å². The molecule has 2 rings (SSSR count). The van der Waals surface area contributed by atoms with E-state index in [0.29, 0.717) is 0 Å². The fraction of sp³-hybridized carbons (Fsp3) is 0.467. The van der Waals surface area contributed by atoms with E-state index in [0.717, 1.165) is 4.90 Å². The number of nitrogens with zero attached hydrogens (tertiary/aromatic N) is 2. The summed E-state index contributed by atoms with van der Waals surface area (Å²) in [7, 11) is 0. The number of carbonyl (C=O) groups is 1. The number of benzene rings is 1. The Kier molecular flexibility index (Phi) is 5.81. The summed E-state index contributed by atoms with van der Waals surface area (Å²) in [6, 6.07) is 0. The normalized spacial score (nSPS) is 14.9. The molecular weight excluding hydrogens is 365 g/mol. The Labute approximate surface area is 146 Å². The van der Waals surface area contributed by atoms with Crippen molar-refractivity contribution in [3.05, 3.63) is 29.1 Å². The van der Waals surface area contributed by atoms with Crippen molar-refractivity contribution >= 4 is 28.9 Å². The summed E-state index contributed by atoms with van der Waals surface area (Å²) in [4.78, 5) is 14.3. The van der Waals surface area contributed by atoms with Crippen LogP contribution in [0.1, 0.15) is 13.8 Å². The van der Waals surface area contributed by atoms with Gasteiger partial charge in [0, 0.05) is 32.1 Å². The van der Waals surface area contributed by atoms with Crippen molar-refractivity contribution < 1.29 is 26.7 Å². The number of hydrogen-bond acceptors (Lipinski definition) is 3. The molecule has 0 saturated carbocycles. The van der Waals surface area contributed by atoms with Gasteiger partial charge in [0.25, 0.3) is 0 Å². The summed E-state index contributed by atoms with van der Waals surface area (Å²) in [5.41, 5.74) is -0.951. The monoisotopic (exact) mass is 381 g/mol. The van der Waals surface area contributed by atoms with Gasteiger partial charge in [-0.05, 0) is 12.2 Å². The van der Waals surface area contributed by atoms with E-state index in [1.807, 2.05) is 0 Å². The van der Waals surface area contributed by atoms with Gasteiger partial charge in [0.2, 0.25) is 11.7 Å². The van der Waals surface area contributed by atoms with Gasteiger partial charge in [-0.15, -0.1) is 0 Å².